The van der Waals surface area contributed by atoms with Crippen molar-refractivity contribution in [3.8, 4) is 5.75 Å². The first-order chi connectivity index (χ1) is 14.9. The second-order valence-electron chi connectivity index (χ2n) is 9.19. The van der Waals surface area contributed by atoms with Gasteiger partial charge in [-0.25, -0.2) is 5.43 Å². The van der Waals surface area contributed by atoms with Gasteiger partial charge in [0.05, 0.1) is 12.8 Å². The van der Waals surface area contributed by atoms with E-state index in [1.54, 1.807) is 6.21 Å². The molecule has 1 aliphatic rings. The molecule has 2 unspecified atom stereocenters. The summed E-state index contributed by atoms with van der Waals surface area (Å²) in [5, 5.41) is 6.43. The summed E-state index contributed by atoms with van der Waals surface area (Å²) in [7, 11) is 0. The fourth-order valence-electron chi connectivity index (χ4n) is 4.02. The Morgan fingerprint density at radius 3 is 2.55 bits per heavy atom. The zero-order valence-corrected chi connectivity index (χ0v) is 18.7. The molecule has 160 valence electrons. The van der Waals surface area contributed by atoms with Gasteiger partial charge in [0.1, 0.15) is 5.75 Å². The van der Waals surface area contributed by atoms with E-state index in [0.29, 0.717) is 6.61 Å². The van der Waals surface area contributed by atoms with E-state index < -0.39 is 0 Å². The summed E-state index contributed by atoms with van der Waals surface area (Å²) in [6.07, 6.45) is 2.56. The minimum absolute atomic E-state index is 0.0171. The standard InChI is InChI=1S/C27H30N2O2/c1-5-31-25-15-12-18-8-6-7-9-21(18)24(25)17-28-29-26(30)23-16-22(23)19-10-13-20(14-11-19)27(2,3)4/h6-15,17,22-23H,5,16H2,1-4H3,(H,29,30). The van der Waals surface area contributed by atoms with Crippen LogP contribution in [0.25, 0.3) is 10.8 Å². The molecule has 0 aliphatic heterocycles. The van der Waals surface area contributed by atoms with Crippen molar-refractivity contribution >= 4 is 22.9 Å². The van der Waals surface area contributed by atoms with Crippen molar-refractivity contribution in [2.24, 2.45) is 11.0 Å². The Bertz CT molecular complexity index is 1110. The molecule has 4 nitrogen and oxygen atoms in total. The molecule has 4 heteroatoms. The van der Waals surface area contributed by atoms with Crippen LogP contribution in [0.3, 0.4) is 0 Å². The Morgan fingerprint density at radius 2 is 1.84 bits per heavy atom. The Hall–Kier alpha value is -3.14. The van der Waals surface area contributed by atoms with Gasteiger partial charge in [-0.15, -0.1) is 0 Å². The molecule has 0 spiro atoms. The van der Waals surface area contributed by atoms with E-state index in [0.717, 1.165) is 28.5 Å². The molecule has 1 aliphatic carbocycles. The lowest BCUT2D eigenvalue weighted by Crippen LogP contribution is -2.20. The minimum atomic E-state index is -0.0284. The van der Waals surface area contributed by atoms with Gasteiger partial charge in [-0.2, -0.15) is 5.10 Å². The maximum atomic E-state index is 12.6. The van der Waals surface area contributed by atoms with Crippen molar-refractivity contribution in [3.05, 3.63) is 77.4 Å². The number of ether oxygens (including phenoxy) is 1. The molecule has 0 radical (unpaired) electrons. The molecule has 0 aromatic heterocycles. The number of rotatable bonds is 6. The number of hydrazone groups is 1. The second kappa shape index (κ2) is 8.54. The van der Waals surface area contributed by atoms with Gasteiger partial charge in [0.2, 0.25) is 5.91 Å². The summed E-state index contributed by atoms with van der Waals surface area (Å²) in [5.74, 6) is 0.999. The summed E-state index contributed by atoms with van der Waals surface area (Å²) in [4.78, 5) is 12.6. The Labute approximate surface area is 184 Å². The van der Waals surface area contributed by atoms with Gasteiger partial charge in [-0.05, 0) is 52.6 Å². The molecular formula is C27H30N2O2. The fourth-order valence-corrected chi connectivity index (χ4v) is 4.02. The number of amides is 1. The topological polar surface area (TPSA) is 50.7 Å². The van der Waals surface area contributed by atoms with E-state index in [1.807, 2.05) is 37.3 Å². The van der Waals surface area contributed by atoms with Gasteiger partial charge in [0.15, 0.2) is 0 Å². The minimum Gasteiger partial charge on any atom is -0.493 e. The third kappa shape index (κ3) is 4.63. The normalized spacial score (nSPS) is 18.3. The van der Waals surface area contributed by atoms with E-state index in [9.17, 15) is 4.79 Å². The highest BCUT2D eigenvalue weighted by Gasteiger charge is 2.44. The quantitative estimate of drug-likeness (QED) is 0.410. The first-order valence-electron chi connectivity index (χ1n) is 11.0. The molecule has 1 fully saturated rings. The zero-order valence-electron chi connectivity index (χ0n) is 18.7. The zero-order chi connectivity index (χ0) is 22.0. The molecule has 4 rings (SSSR count). The van der Waals surface area contributed by atoms with Crippen molar-refractivity contribution in [2.45, 2.75) is 45.4 Å². The van der Waals surface area contributed by atoms with Crippen LogP contribution in [0.4, 0.5) is 0 Å². The van der Waals surface area contributed by atoms with Gasteiger partial charge >= 0.3 is 0 Å². The van der Waals surface area contributed by atoms with Gasteiger partial charge in [-0.3, -0.25) is 4.79 Å². The highest BCUT2D eigenvalue weighted by atomic mass is 16.5. The molecule has 0 heterocycles. The number of nitrogens with one attached hydrogen (secondary N) is 1. The molecule has 2 atom stereocenters. The van der Waals surface area contributed by atoms with Crippen LogP contribution in [-0.4, -0.2) is 18.7 Å². The van der Waals surface area contributed by atoms with Gasteiger partial charge in [0.25, 0.3) is 0 Å². The van der Waals surface area contributed by atoms with Crippen molar-refractivity contribution < 1.29 is 9.53 Å². The lowest BCUT2D eigenvalue weighted by Gasteiger charge is -2.19. The largest absolute Gasteiger partial charge is 0.493 e. The summed E-state index contributed by atoms with van der Waals surface area (Å²) in [6.45, 7) is 9.16. The highest BCUT2D eigenvalue weighted by molar-refractivity contribution is 6.02. The van der Waals surface area contributed by atoms with E-state index in [-0.39, 0.29) is 23.2 Å². The van der Waals surface area contributed by atoms with Crippen LogP contribution in [0.15, 0.2) is 65.8 Å². The van der Waals surface area contributed by atoms with Crippen LogP contribution in [0.5, 0.6) is 5.75 Å². The average Bonchev–Trinajstić information content (AvgIpc) is 3.56. The lowest BCUT2D eigenvalue weighted by atomic mass is 9.86. The third-order valence-electron chi connectivity index (χ3n) is 5.93. The monoisotopic (exact) mass is 414 g/mol. The molecule has 0 bridgehead atoms. The van der Waals surface area contributed by atoms with Crippen LogP contribution in [0.1, 0.15) is 56.7 Å². The number of hydrogen-bond acceptors (Lipinski definition) is 3. The van der Waals surface area contributed by atoms with E-state index in [4.69, 9.17) is 4.74 Å². The van der Waals surface area contributed by atoms with Crippen molar-refractivity contribution in [3.63, 3.8) is 0 Å². The Balaban J connectivity index is 1.44. The number of hydrogen-bond donors (Lipinski definition) is 1. The first-order valence-corrected chi connectivity index (χ1v) is 11.0. The number of carbonyl (C=O) groups excluding carboxylic acids is 1. The highest BCUT2D eigenvalue weighted by Crippen LogP contribution is 2.47. The molecule has 1 N–H and O–H groups in total. The molecule has 1 amide bonds. The number of nitrogens with zero attached hydrogens (tertiary/aromatic N) is 1. The predicted octanol–water partition coefficient (Wildman–Crippen LogP) is 5.79. The van der Waals surface area contributed by atoms with E-state index in [1.165, 1.54) is 11.1 Å². The van der Waals surface area contributed by atoms with Crippen LogP contribution in [0.2, 0.25) is 0 Å². The third-order valence-corrected chi connectivity index (χ3v) is 5.93. The van der Waals surface area contributed by atoms with Crippen LogP contribution in [-0.2, 0) is 10.2 Å². The Morgan fingerprint density at radius 1 is 1.10 bits per heavy atom. The molecular weight excluding hydrogens is 384 g/mol. The molecule has 0 saturated heterocycles. The number of benzene rings is 3. The van der Waals surface area contributed by atoms with Crippen LogP contribution < -0.4 is 10.2 Å². The molecule has 1 saturated carbocycles. The van der Waals surface area contributed by atoms with Crippen LogP contribution in [0, 0.1) is 5.92 Å². The van der Waals surface area contributed by atoms with Crippen molar-refractivity contribution in [1.29, 1.82) is 0 Å². The maximum Gasteiger partial charge on any atom is 0.243 e. The number of carbonyl (C=O) groups is 1. The summed E-state index contributed by atoms with van der Waals surface area (Å²) < 4.78 is 5.77. The van der Waals surface area contributed by atoms with E-state index in [2.05, 4.69) is 61.6 Å². The molecule has 31 heavy (non-hydrogen) atoms. The van der Waals surface area contributed by atoms with Crippen molar-refractivity contribution in [1.82, 2.24) is 5.43 Å². The van der Waals surface area contributed by atoms with Gasteiger partial charge in [0, 0.05) is 11.5 Å². The fraction of sp³-hybridized carbons (Fsp3) is 0.333. The molecule has 3 aromatic carbocycles. The average molecular weight is 415 g/mol. The van der Waals surface area contributed by atoms with E-state index >= 15 is 0 Å². The smallest absolute Gasteiger partial charge is 0.243 e. The van der Waals surface area contributed by atoms with Gasteiger partial charge in [-0.1, -0.05) is 75.4 Å². The van der Waals surface area contributed by atoms with Crippen LogP contribution >= 0.6 is 0 Å². The maximum absolute atomic E-state index is 12.6. The predicted molar refractivity (Wildman–Crippen MR) is 127 cm³/mol. The summed E-state index contributed by atoms with van der Waals surface area (Å²) >= 11 is 0. The molecule has 3 aromatic rings. The second-order valence-corrected chi connectivity index (χ2v) is 9.19. The first kappa shape index (κ1) is 21.1. The van der Waals surface area contributed by atoms with Crippen molar-refractivity contribution in [2.75, 3.05) is 6.61 Å². The lowest BCUT2D eigenvalue weighted by molar-refractivity contribution is -0.122. The van der Waals surface area contributed by atoms with Gasteiger partial charge < -0.3 is 4.74 Å². The summed E-state index contributed by atoms with van der Waals surface area (Å²) in [6, 6.07) is 20.8. The SMILES string of the molecule is CCOc1ccc2ccccc2c1C=NNC(=O)C1CC1c1ccc(C(C)(C)C)cc1. The Kier molecular flexibility index (Phi) is 5.81. The number of fused-ring (bicyclic) bond motifs is 1. The summed E-state index contributed by atoms with van der Waals surface area (Å²) in [5.41, 5.74) is 6.29.